The summed E-state index contributed by atoms with van der Waals surface area (Å²) in [5, 5.41) is 5.65. The van der Waals surface area contributed by atoms with E-state index in [-0.39, 0.29) is 18.1 Å². The number of para-hydroxylation sites is 1. The number of hydrogen-bond acceptors (Lipinski definition) is 3. The molecule has 0 fully saturated rings. The molecule has 0 aliphatic heterocycles. The Morgan fingerprint density at radius 1 is 0.912 bits per heavy atom. The van der Waals surface area contributed by atoms with Crippen molar-refractivity contribution in [1.82, 2.24) is 14.3 Å². The summed E-state index contributed by atoms with van der Waals surface area (Å²) in [6.07, 6.45) is 2.07. The van der Waals surface area contributed by atoms with Gasteiger partial charge < -0.3 is 9.30 Å². The number of benzene rings is 3. The van der Waals surface area contributed by atoms with Gasteiger partial charge in [0.05, 0.1) is 18.8 Å². The first kappa shape index (κ1) is 21.6. The normalized spacial score (nSPS) is 11.1. The minimum atomic E-state index is -0.439. The molecule has 0 saturated carbocycles. The lowest BCUT2D eigenvalue weighted by Gasteiger charge is -2.07. The number of rotatable bonds is 7. The molecule has 0 radical (unpaired) electrons. The van der Waals surface area contributed by atoms with Crippen LogP contribution < -0.4 is 0 Å². The molecule has 0 atom stereocenters. The van der Waals surface area contributed by atoms with E-state index in [1.807, 2.05) is 47.1 Å². The first-order valence-corrected chi connectivity index (χ1v) is 11.2. The third kappa shape index (κ3) is 4.35. The molecular weight excluding hydrogens is 429 g/mol. The smallest absolute Gasteiger partial charge is 0.358 e. The second-order valence-corrected chi connectivity index (χ2v) is 8.09. The summed E-state index contributed by atoms with van der Waals surface area (Å²) in [7, 11) is 0. The Bertz CT molecular complexity index is 1440. The monoisotopic (exact) mass is 453 g/mol. The first-order valence-electron chi connectivity index (χ1n) is 11.2. The zero-order chi connectivity index (χ0) is 23.5. The molecule has 0 aliphatic rings. The summed E-state index contributed by atoms with van der Waals surface area (Å²) in [6.45, 7) is 3.19. The van der Waals surface area contributed by atoms with Gasteiger partial charge in [-0.3, -0.25) is 4.68 Å². The fraction of sp³-hybridized carbons (Fsp3) is 0.143. The molecule has 3 aromatic carbocycles. The Balaban J connectivity index is 1.62. The fourth-order valence-electron chi connectivity index (χ4n) is 4.18. The van der Waals surface area contributed by atoms with Crippen LogP contribution in [0.2, 0.25) is 0 Å². The number of hydrogen-bond donors (Lipinski definition) is 0. The number of esters is 1. The average Bonchev–Trinajstić information content (AvgIpc) is 3.43. The molecule has 6 heteroatoms. The topological polar surface area (TPSA) is 49.0 Å². The highest BCUT2D eigenvalue weighted by Crippen LogP contribution is 2.32. The van der Waals surface area contributed by atoms with Gasteiger partial charge in [-0.15, -0.1) is 0 Å². The number of fused-ring (bicyclic) bond motifs is 1. The van der Waals surface area contributed by atoms with Gasteiger partial charge in [0.15, 0.2) is 5.69 Å². The summed E-state index contributed by atoms with van der Waals surface area (Å²) in [6, 6.07) is 26.5. The highest BCUT2D eigenvalue weighted by atomic mass is 19.1. The van der Waals surface area contributed by atoms with Crippen molar-refractivity contribution in [3.05, 3.63) is 114 Å². The van der Waals surface area contributed by atoms with Gasteiger partial charge in [0.1, 0.15) is 5.82 Å². The van der Waals surface area contributed by atoms with E-state index in [9.17, 15) is 9.18 Å². The van der Waals surface area contributed by atoms with Crippen molar-refractivity contribution in [3.8, 4) is 11.3 Å². The predicted octanol–water partition coefficient (Wildman–Crippen LogP) is 5.92. The summed E-state index contributed by atoms with van der Waals surface area (Å²) < 4.78 is 22.6. The molecule has 0 spiro atoms. The van der Waals surface area contributed by atoms with E-state index < -0.39 is 5.97 Å². The van der Waals surface area contributed by atoms with Crippen LogP contribution in [0.3, 0.4) is 0 Å². The highest BCUT2D eigenvalue weighted by Gasteiger charge is 2.20. The average molecular weight is 454 g/mol. The Morgan fingerprint density at radius 2 is 1.62 bits per heavy atom. The van der Waals surface area contributed by atoms with Crippen LogP contribution in [0, 0.1) is 5.82 Å². The zero-order valence-corrected chi connectivity index (χ0v) is 18.8. The molecule has 2 aromatic heterocycles. The van der Waals surface area contributed by atoms with Crippen molar-refractivity contribution in [2.75, 3.05) is 6.61 Å². The van der Waals surface area contributed by atoms with Gasteiger partial charge in [0, 0.05) is 29.2 Å². The number of halogens is 1. The number of nitrogens with zero attached hydrogens (tertiary/aromatic N) is 3. The Kier molecular flexibility index (Phi) is 5.95. The van der Waals surface area contributed by atoms with Crippen molar-refractivity contribution in [2.24, 2.45) is 0 Å². The Morgan fingerprint density at radius 3 is 2.38 bits per heavy atom. The van der Waals surface area contributed by atoms with Gasteiger partial charge in [0.2, 0.25) is 0 Å². The third-order valence-corrected chi connectivity index (χ3v) is 5.77. The van der Waals surface area contributed by atoms with Gasteiger partial charge >= 0.3 is 5.97 Å². The molecule has 0 aliphatic carbocycles. The quantitative estimate of drug-likeness (QED) is 0.288. The SMILES string of the molecule is CCOC(=O)c1cc(-c2cn(Cc3ccc(F)cc3)c3ccccc23)n(Cc2ccccc2)n1. The van der Waals surface area contributed by atoms with Gasteiger partial charge in [0.25, 0.3) is 0 Å². The standard InChI is InChI=1S/C28H24FN3O2/c1-2-34-28(33)25-16-27(32(30-25)18-20-8-4-3-5-9-20)24-19-31(26-11-7-6-10-23(24)26)17-21-12-14-22(29)15-13-21/h3-16,19H,2,17-18H2,1H3. The lowest BCUT2D eigenvalue weighted by atomic mass is 10.1. The molecule has 5 rings (SSSR count). The lowest BCUT2D eigenvalue weighted by molar-refractivity contribution is 0.0518. The largest absolute Gasteiger partial charge is 0.461 e. The van der Waals surface area contributed by atoms with Gasteiger partial charge in [-0.25, -0.2) is 9.18 Å². The number of carbonyl (C=O) groups is 1. The number of carbonyl (C=O) groups excluding carboxylic acids is 1. The number of aromatic nitrogens is 3. The van der Waals surface area contributed by atoms with E-state index in [2.05, 4.69) is 28.0 Å². The Labute approximate surface area is 197 Å². The Hall–Kier alpha value is -4.19. The van der Waals surface area contributed by atoms with Crippen LogP contribution in [0.15, 0.2) is 91.1 Å². The highest BCUT2D eigenvalue weighted by molar-refractivity contribution is 5.97. The van der Waals surface area contributed by atoms with Crippen LogP contribution in [0.4, 0.5) is 4.39 Å². The van der Waals surface area contributed by atoms with Crippen molar-refractivity contribution < 1.29 is 13.9 Å². The minimum absolute atomic E-state index is 0.252. The molecule has 170 valence electrons. The van der Waals surface area contributed by atoms with Crippen molar-refractivity contribution in [2.45, 2.75) is 20.0 Å². The minimum Gasteiger partial charge on any atom is -0.461 e. The van der Waals surface area contributed by atoms with Crippen molar-refractivity contribution in [1.29, 1.82) is 0 Å². The molecule has 0 saturated heterocycles. The van der Waals surface area contributed by atoms with Crippen molar-refractivity contribution in [3.63, 3.8) is 0 Å². The van der Waals surface area contributed by atoms with Crippen LogP contribution in [0.25, 0.3) is 22.2 Å². The van der Waals surface area contributed by atoms with Crippen LogP contribution in [0.5, 0.6) is 0 Å². The van der Waals surface area contributed by atoms with Crippen LogP contribution in [-0.4, -0.2) is 26.9 Å². The van der Waals surface area contributed by atoms with Crippen LogP contribution in [-0.2, 0) is 17.8 Å². The molecule has 0 N–H and O–H groups in total. The number of ether oxygens (including phenoxy) is 1. The predicted molar refractivity (Wildman–Crippen MR) is 130 cm³/mol. The molecule has 5 aromatic rings. The summed E-state index contributed by atoms with van der Waals surface area (Å²) in [4.78, 5) is 12.5. The van der Waals surface area contributed by atoms with Crippen LogP contribution >= 0.6 is 0 Å². The second-order valence-electron chi connectivity index (χ2n) is 8.09. The summed E-state index contributed by atoms with van der Waals surface area (Å²) in [5.74, 6) is -0.691. The summed E-state index contributed by atoms with van der Waals surface area (Å²) >= 11 is 0. The first-order chi connectivity index (χ1) is 16.6. The van der Waals surface area contributed by atoms with E-state index >= 15 is 0 Å². The van der Waals surface area contributed by atoms with Crippen molar-refractivity contribution >= 4 is 16.9 Å². The molecule has 2 heterocycles. The molecule has 0 unspecified atom stereocenters. The van der Waals surface area contributed by atoms with E-state index in [0.29, 0.717) is 13.1 Å². The van der Waals surface area contributed by atoms with E-state index in [4.69, 9.17) is 4.74 Å². The second kappa shape index (κ2) is 9.35. The molecule has 5 nitrogen and oxygen atoms in total. The maximum Gasteiger partial charge on any atom is 0.358 e. The lowest BCUT2D eigenvalue weighted by Crippen LogP contribution is -2.08. The molecule has 0 amide bonds. The van der Waals surface area contributed by atoms with Gasteiger partial charge in [-0.05, 0) is 42.3 Å². The molecular formula is C28H24FN3O2. The third-order valence-electron chi connectivity index (χ3n) is 5.77. The van der Waals surface area contributed by atoms with E-state index in [0.717, 1.165) is 33.3 Å². The molecule has 34 heavy (non-hydrogen) atoms. The maximum atomic E-state index is 13.4. The van der Waals surface area contributed by atoms with Gasteiger partial charge in [-0.1, -0.05) is 60.7 Å². The van der Waals surface area contributed by atoms with E-state index in [1.54, 1.807) is 25.1 Å². The fourth-order valence-corrected chi connectivity index (χ4v) is 4.18. The summed E-state index contributed by atoms with van der Waals surface area (Å²) in [5.41, 5.74) is 5.21. The van der Waals surface area contributed by atoms with Gasteiger partial charge in [-0.2, -0.15) is 5.10 Å². The van der Waals surface area contributed by atoms with E-state index in [1.165, 1.54) is 12.1 Å². The van der Waals surface area contributed by atoms with Crippen LogP contribution in [0.1, 0.15) is 28.5 Å². The maximum absolute atomic E-state index is 13.4. The molecule has 0 bridgehead atoms. The zero-order valence-electron chi connectivity index (χ0n) is 18.8.